The lowest BCUT2D eigenvalue weighted by atomic mass is 10.1. The molecular weight excluding hydrogens is 354 g/mol. The molecule has 1 amide bonds. The van der Waals surface area contributed by atoms with Gasteiger partial charge in [-0.1, -0.05) is 30.3 Å². The predicted molar refractivity (Wildman–Crippen MR) is 107 cm³/mol. The molecule has 0 atom stereocenters. The second-order valence-electron chi connectivity index (χ2n) is 6.09. The van der Waals surface area contributed by atoms with E-state index in [0.29, 0.717) is 17.1 Å². The quantitative estimate of drug-likeness (QED) is 0.439. The lowest BCUT2D eigenvalue weighted by Crippen LogP contribution is -2.13. The molecule has 138 valence electrons. The van der Waals surface area contributed by atoms with E-state index < -0.39 is 0 Å². The summed E-state index contributed by atoms with van der Waals surface area (Å²) in [5, 5.41) is 12.0. The summed E-state index contributed by atoms with van der Waals surface area (Å²) in [6.07, 6.45) is 1.60. The van der Waals surface area contributed by atoms with Gasteiger partial charge in [0.1, 0.15) is 17.2 Å². The number of phenolic OH excluding ortho intramolecular Hbond substituents is 1. The van der Waals surface area contributed by atoms with E-state index in [1.165, 1.54) is 12.1 Å². The van der Waals surface area contributed by atoms with Crippen LogP contribution in [0.25, 0.3) is 11.3 Å². The fourth-order valence-electron chi connectivity index (χ4n) is 2.67. The van der Waals surface area contributed by atoms with Crippen molar-refractivity contribution < 1.29 is 14.6 Å². The van der Waals surface area contributed by atoms with Crippen LogP contribution in [0, 0.1) is 0 Å². The van der Waals surface area contributed by atoms with Crippen molar-refractivity contribution in [2.45, 2.75) is 0 Å². The number of imidazole rings is 1. The molecule has 6 nitrogen and oxygen atoms in total. The maximum atomic E-state index is 12.4. The van der Waals surface area contributed by atoms with Gasteiger partial charge in [-0.2, -0.15) is 0 Å². The van der Waals surface area contributed by atoms with Gasteiger partial charge in [0.25, 0.3) is 5.91 Å². The minimum atomic E-state index is -0.367. The molecule has 3 N–H and O–H groups in total. The molecule has 0 aliphatic carbocycles. The number of carbonyl (C=O) groups excluding carboxylic acids is 1. The van der Waals surface area contributed by atoms with Crippen LogP contribution in [-0.4, -0.2) is 21.0 Å². The molecular formula is C22H17N3O3. The zero-order valence-electron chi connectivity index (χ0n) is 14.8. The van der Waals surface area contributed by atoms with Crippen LogP contribution in [0.2, 0.25) is 0 Å². The highest BCUT2D eigenvalue weighted by atomic mass is 16.5. The number of hydrogen-bond acceptors (Lipinski definition) is 4. The summed E-state index contributed by atoms with van der Waals surface area (Å²) < 4.78 is 5.85. The number of aromatic amines is 1. The van der Waals surface area contributed by atoms with Gasteiger partial charge >= 0.3 is 0 Å². The molecule has 0 saturated carbocycles. The van der Waals surface area contributed by atoms with Gasteiger partial charge in [0.05, 0.1) is 11.9 Å². The van der Waals surface area contributed by atoms with Crippen LogP contribution < -0.4 is 10.1 Å². The molecule has 1 heterocycles. The summed E-state index contributed by atoms with van der Waals surface area (Å²) >= 11 is 0. The highest BCUT2D eigenvalue weighted by Crippen LogP contribution is 2.26. The molecule has 0 unspecified atom stereocenters. The Kier molecular flexibility index (Phi) is 4.76. The maximum Gasteiger partial charge on any atom is 0.291 e. The number of aromatic hydroxyl groups is 1. The van der Waals surface area contributed by atoms with Crippen molar-refractivity contribution >= 4 is 11.6 Å². The van der Waals surface area contributed by atoms with Gasteiger partial charge in [0, 0.05) is 11.3 Å². The average molecular weight is 371 g/mol. The summed E-state index contributed by atoms with van der Waals surface area (Å²) in [6.45, 7) is 0. The number of nitrogens with one attached hydrogen (secondary N) is 2. The Labute approximate surface area is 161 Å². The van der Waals surface area contributed by atoms with E-state index in [2.05, 4.69) is 15.3 Å². The molecule has 0 spiro atoms. The number of anilines is 1. The van der Waals surface area contributed by atoms with Gasteiger partial charge < -0.3 is 20.1 Å². The van der Waals surface area contributed by atoms with Crippen molar-refractivity contribution in [3.8, 4) is 28.5 Å². The molecule has 0 radical (unpaired) electrons. The van der Waals surface area contributed by atoms with Crippen LogP contribution in [0.15, 0.2) is 85.1 Å². The van der Waals surface area contributed by atoms with Gasteiger partial charge in [-0.3, -0.25) is 4.79 Å². The molecule has 0 bridgehead atoms. The largest absolute Gasteiger partial charge is 0.508 e. The molecule has 0 aliphatic heterocycles. The van der Waals surface area contributed by atoms with Gasteiger partial charge in [0.15, 0.2) is 5.82 Å². The monoisotopic (exact) mass is 371 g/mol. The number of rotatable bonds is 5. The Morgan fingerprint density at radius 1 is 0.929 bits per heavy atom. The summed E-state index contributed by atoms with van der Waals surface area (Å²) in [5.41, 5.74) is 2.12. The molecule has 4 aromatic rings. The smallest absolute Gasteiger partial charge is 0.291 e. The van der Waals surface area contributed by atoms with Crippen LogP contribution in [0.5, 0.6) is 17.2 Å². The Balaban J connectivity index is 1.50. The van der Waals surface area contributed by atoms with Crippen molar-refractivity contribution in [1.29, 1.82) is 0 Å². The number of para-hydroxylation sites is 1. The maximum absolute atomic E-state index is 12.4. The second kappa shape index (κ2) is 7.67. The summed E-state index contributed by atoms with van der Waals surface area (Å²) in [6, 6.07) is 23.3. The Morgan fingerprint density at radius 2 is 1.68 bits per heavy atom. The lowest BCUT2D eigenvalue weighted by molar-refractivity contribution is 0.101. The third kappa shape index (κ3) is 4.02. The van der Waals surface area contributed by atoms with Crippen LogP contribution in [0.3, 0.4) is 0 Å². The van der Waals surface area contributed by atoms with E-state index in [0.717, 1.165) is 11.3 Å². The minimum Gasteiger partial charge on any atom is -0.508 e. The molecule has 4 rings (SSSR count). The number of aromatic nitrogens is 2. The van der Waals surface area contributed by atoms with Crippen LogP contribution in [-0.2, 0) is 0 Å². The van der Waals surface area contributed by atoms with Crippen molar-refractivity contribution in [1.82, 2.24) is 9.97 Å². The number of nitrogens with zero attached hydrogens (tertiary/aromatic N) is 1. The van der Waals surface area contributed by atoms with Gasteiger partial charge in [-0.25, -0.2) is 4.98 Å². The van der Waals surface area contributed by atoms with Crippen LogP contribution >= 0.6 is 0 Å². The average Bonchev–Trinajstić information content (AvgIpc) is 3.21. The Bertz CT molecular complexity index is 1090. The molecule has 1 aromatic heterocycles. The Hall–Kier alpha value is -4.06. The van der Waals surface area contributed by atoms with E-state index in [-0.39, 0.29) is 17.5 Å². The molecule has 3 aromatic carbocycles. The molecule has 28 heavy (non-hydrogen) atoms. The SMILES string of the molecule is O=C(Nc1ccc(O)cc1)c1ncc(-c2cccc(Oc3ccccc3)c2)[nH]1. The number of hydrogen-bond donors (Lipinski definition) is 3. The molecule has 0 aliphatic rings. The number of amides is 1. The van der Waals surface area contributed by atoms with Crippen molar-refractivity contribution in [3.05, 3.63) is 90.9 Å². The fraction of sp³-hybridized carbons (Fsp3) is 0. The molecule has 0 saturated heterocycles. The van der Waals surface area contributed by atoms with E-state index in [9.17, 15) is 9.90 Å². The zero-order chi connectivity index (χ0) is 19.3. The second-order valence-corrected chi connectivity index (χ2v) is 6.09. The standard InChI is InChI=1S/C22H17N3O3/c26-17-11-9-16(10-12-17)24-22(27)21-23-14-20(25-21)15-5-4-8-19(13-15)28-18-6-2-1-3-7-18/h1-14,26H,(H,23,25)(H,24,27). The highest BCUT2D eigenvalue weighted by molar-refractivity contribution is 6.02. The van der Waals surface area contributed by atoms with E-state index in [4.69, 9.17) is 4.74 Å². The summed E-state index contributed by atoms with van der Waals surface area (Å²) in [4.78, 5) is 19.5. The Morgan fingerprint density at radius 3 is 2.46 bits per heavy atom. The zero-order valence-corrected chi connectivity index (χ0v) is 14.8. The van der Waals surface area contributed by atoms with Gasteiger partial charge in [0.2, 0.25) is 0 Å². The van der Waals surface area contributed by atoms with Crippen molar-refractivity contribution in [3.63, 3.8) is 0 Å². The first kappa shape index (κ1) is 17.4. The third-order valence-electron chi connectivity index (χ3n) is 4.04. The minimum absolute atomic E-state index is 0.135. The first-order valence-electron chi connectivity index (χ1n) is 8.66. The number of phenols is 1. The lowest BCUT2D eigenvalue weighted by Gasteiger charge is -2.07. The van der Waals surface area contributed by atoms with E-state index in [1.807, 2.05) is 54.6 Å². The van der Waals surface area contributed by atoms with E-state index in [1.54, 1.807) is 18.3 Å². The van der Waals surface area contributed by atoms with Crippen LogP contribution in [0.4, 0.5) is 5.69 Å². The molecule has 6 heteroatoms. The number of H-pyrrole nitrogens is 1. The highest BCUT2D eigenvalue weighted by Gasteiger charge is 2.12. The predicted octanol–water partition coefficient (Wildman–Crippen LogP) is 4.83. The number of carbonyl (C=O) groups is 1. The van der Waals surface area contributed by atoms with Gasteiger partial charge in [-0.15, -0.1) is 0 Å². The first-order chi connectivity index (χ1) is 13.7. The topological polar surface area (TPSA) is 87.2 Å². The summed E-state index contributed by atoms with van der Waals surface area (Å²) in [7, 11) is 0. The number of benzene rings is 3. The normalized spacial score (nSPS) is 10.4. The van der Waals surface area contributed by atoms with Crippen molar-refractivity contribution in [2.75, 3.05) is 5.32 Å². The molecule has 0 fully saturated rings. The fourth-order valence-corrected chi connectivity index (χ4v) is 2.67. The van der Waals surface area contributed by atoms with Gasteiger partial charge in [-0.05, 0) is 48.5 Å². The van der Waals surface area contributed by atoms with Crippen LogP contribution in [0.1, 0.15) is 10.6 Å². The summed E-state index contributed by atoms with van der Waals surface area (Å²) in [5.74, 6) is 1.40. The number of ether oxygens (including phenoxy) is 1. The third-order valence-corrected chi connectivity index (χ3v) is 4.04. The first-order valence-corrected chi connectivity index (χ1v) is 8.66. The van der Waals surface area contributed by atoms with Crippen molar-refractivity contribution in [2.24, 2.45) is 0 Å². The van der Waals surface area contributed by atoms with E-state index >= 15 is 0 Å².